The van der Waals surface area contributed by atoms with Crippen LogP contribution in [0.15, 0.2) is 18.2 Å². The van der Waals surface area contributed by atoms with Crippen molar-refractivity contribution in [2.75, 3.05) is 31.6 Å². The zero-order chi connectivity index (χ0) is 17.2. The lowest BCUT2D eigenvalue weighted by atomic mass is 9.98. The number of ether oxygens (including phenoxy) is 2. The molecule has 1 aromatic rings. The van der Waals surface area contributed by atoms with Gasteiger partial charge in [0.25, 0.3) is 0 Å². The van der Waals surface area contributed by atoms with Crippen molar-refractivity contribution in [3.63, 3.8) is 0 Å². The van der Waals surface area contributed by atoms with Gasteiger partial charge in [-0.15, -0.1) is 0 Å². The second-order valence-electron chi connectivity index (χ2n) is 6.94. The van der Waals surface area contributed by atoms with Gasteiger partial charge in [-0.3, -0.25) is 0 Å². The highest BCUT2D eigenvalue weighted by atomic mass is 16.6. The molecule has 0 aliphatic carbocycles. The largest absolute Gasteiger partial charge is 0.378 e. The molecule has 2 aliphatic heterocycles. The summed E-state index contributed by atoms with van der Waals surface area (Å²) in [5.74, 6) is 0. The highest BCUT2D eigenvalue weighted by molar-refractivity contribution is 5.89. The van der Waals surface area contributed by atoms with Gasteiger partial charge in [0.15, 0.2) is 0 Å². The van der Waals surface area contributed by atoms with Crippen LogP contribution in [0.1, 0.15) is 37.8 Å². The Morgan fingerprint density at radius 1 is 1.42 bits per heavy atom. The van der Waals surface area contributed by atoms with E-state index in [9.17, 15) is 4.79 Å². The number of aryl methyl sites for hydroxylation is 2. The number of hydrogen-bond acceptors (Lipinski definition) is 3. The number of anilines is 1. The lowest BCUT2D eigenvalue weighted by molar-refractivity contribution is -0.143. The Balaban J connectivity index is 1.70. The summed E-state index contributed by atoms with van der Waals surface area (Å²) in [5.41, 5.74) is 3.06. The highest BCUT2D eigenvalue weighted by Gasteiger charge is 2.44. The van der Waals surface area contributed by atoms with E-state index in [-0.39, 0.29) is 17.7 Å². The zero-order valence-electron chi connectivity index (χ0n) is 14.9. The molecule has 2 aliphatic rings. The fraction of sp³-hybridized carbons (Fsp3) is 0.632. The molecule has 5 nitrogen and oxygen atoms in total. The monoisotopic (exact) mass is 332 g/mol. The molecule has 2 fully saturated rings. The van der Waals surface area contributed by atoms with E-state index < -0.39 is 0 Å². The van der Waals surface area contributed by atoms with Crippen LogP contribution in [0.3, 0.4) is 0 Å². The van der Waals surface area contributed by atoms with Crippen LogP contribution in [0, 0.1) is 6.92 Å². The van der Waals surface area contributed by atoms with Crippen molar-refractivity contribution in [1.82, 2.24) is 4.90 Å². The third-order valence-corrected chi connectivity index (χ3v) is 5.10. The van der Waals surface area contributed by atoms with Crippen LogP contribution < -0.4 is 5.32 Å². The van der Waals surface area contributed by atoms with Gasteiger partial charge in [-0.05, 0) is 43.0 Å². The van der Waals surface area contributed by atoms with E-state index in [2.05, 4.69) is 32.2 Å². The number of carbonyl (C=O) groups excluding carboxylic acids is 1. The maximum Gasteiger partial charge on any atom is 0.322 e. The molecule has 2 saturated heterocycles. The van der Waals surface area contributed by atoms with Gasteiger partial charge >= 0.3 is 6.03 Å². The summed E-state index contributed by atoms with van der Waals surface area (Å²) in [6.07, 6.45) is 2.84. The molecule has 0 radical (unpaired) electrons. The number of nitrogens with zero attached hydrogens (tertiary/aromatic N) is 1. The van der Waals surface area contributed by atoms with Crippen molar-refractivity contribution >= 4 is 11.7 Å². The van der Waals surface area contributed by atoms with Gasteiger partial charge in [-0.1, -0.05) is 19.9 Å². The van der Waals surface area contributed by atoms with Crippen LogP contribution in [0.25, 0.3) is 0 Å². The fourth-order valence-electron chi connectivity index (χ4n) is 3.63. The molecule has 24 heavy (non-hydrogen) atoms. The minimum absolute atomic E-state index is 0.0494. The molecule has 2 amide bonds. The van der Waals surface area contributed by atoms with E-state index >= 15 is 0 Å². The third kappa shape index (κ3) is 3.57. The average Bonchev–Trinajstić information content (AvgIpc) is 3.02. The Kier molecular flexibility index (Phi) is 5.11. The fourth-order valence-corrected chi connectivity index (χ4v) is 3.63. The number of urea groups is 1. The Morgan fingerprint density at radius 3 is 2.88 bits per heavy atom. The van der Waals surface area contributed by atoms with Crippen molar-refractivity contribution in [2.45, 2.75) is 51.7 Å². The number of carbonyl (C=O) groups is 1. The molecule has 1 spiro atoms. The van der Waals surface area contributed by atoms with Gasteiger partial charge in [0.1, 0.15) is 5.60 Å². The number of rotatable bonds is 3. The highest BCUT2D eigenvalue weighted by Crippen LogP contribution is 2.31. The predicted octanol–water partition coefficient (Wildman–Crippen LogP) is 3.36. The van der Waals surface area contributed by atoms with Gasteiger partial charge in [0.05, 0.1) is 19.3 Å². The number of amides is 2. The normalized spacial score (nSPS) is 26.8. The third-order valence-electron chi connectivity index (χ3n) is 5.10. The molecule has 3 rings (SSSR count). The minimum atomic E-state index is -0.321. The molecule has 2 atom stereocenters. The van der Waals surface area contributed by atoms with Crippen LogP contribution in [0.5, 0.6) is 0 Å². The second-order valence-corrected chi connectivity index (χ2v) is 6.94. The first-order chi connectivity index (χ1) is 11.5. The quantitative estimate of drug-likeness (QED) is 0.923. The maximum absolute atomic E-state index is 12.8. The summed E-state index contributed by atoms with van der Waals surface area (Å²) in [5, 5.41) is 3.05. The number of nitrogens with one attached hydrogen (secondary N) is 1. The number of hydrogen-bond donors (Lipinski definition) is 1. The molecule has 0 saturated carbocycles. The van der Waals surface area contributed by atoms with Gasteiger partial charge < -0.3 is 19.7 Å². The van der Waals surface area contributed by atoms with Crippen molar-refractivity contribution in [3.8, 4) is 0 Å². The molecule has 1 aromatic carbocycles. The summed E-state index contributed by atoms with van der Waals surface area (Å²) in [6, 6.07) is 6.07. The lowest BCUT2D eigenvalue weighted by Gasteiger charge is -2.43. The van der Waals surface area contributed by atoms with Crippen molar-refractivity contribution in [1.29, 1.82) is 0 Å². The summed E-state index contributed by atoms with van der Waals surface area (Å²) in [6.45, 7) is 8.85. The van der Waals surface area contributed by atoms with Crippen molar-refractivity contribution in [3.05, 3.63) is 29.3 Å². The Morgan fingerprint density at radius 2 is 2.25 bits per heavy atom. The molecule has 5 heteroatoms. The Labute approximate surface area is 144 Å². The molecule has 132 valence electrons. The van der Waals surface area contributed by atoms with E-state index in [0.717, 1.165) is 24.9 Å². The van der Waals surface area contributed by atoms with Gasteiger partial charge in [-0.2, -0.15) is 0 Å². The minimum Gasteiger partial charge on any atom is -0.378 e. The van der Waals surface area contributed by atoms with Crippen LogP contribution in [-0.4, -0.2) is 48.9 Å². The first kappa shape index (κ1) is 17.2. The van der Waals surface area contributed by atoms with E-state index in [1.54, 1.807) is 0 Å². The van der Waals surface area contributed by atoms with Crippen molar-refractivity contribution < 1.29 is 14.3 Å². The number of benzene rings is 1. The topological polar surface area (TPSA) is 50.8 Å². The molecule has 0 aromatic heterocycles. The molecule has 2 heterocycles. The second kappa shape index (κ2) is 7.11. The lowest BCUT2D eigenvalue weighted by Crippen LogP contribution is -2.58. The smallest absolute Gasteiger partial charge is 0.322 e. The molecule has 2 unspecified atom stereocenters. The summed E-state index contributed by atoms with van der Waals surface area (Å²) in [4.78, 5) is 14.6. The summed E-state index contributed by atoms with van der Waals surface area (Å²) >= 11 is 0. The van der Waals surface area contributed by atoms with Crippen LogP contribution in [0.2, 0.25) is 0 Å². The zero-order valence-corrected chi connectivity index (χ0v) is 14.9. The number of morpholine rings is 1. The maximum atomic E-state index is 12.8. The first-order valence-electron chi connectivity index (χ1n) is 8.96. The molecular weight excluding hydrogens is 304 g/mol. The predicted molar refractivity (Wildman–Crippen MR) is 94.5 cm³/mol. The first-order valence-corrected chi connectivity index (χ1v) is 8.96. The van der Waals surface area contributed by atoms with Gasteiger partial charge in [0.2, 0.25) is 0 Å². The molecular formula is C19H28N2O3. The SMILES string of the molecule is CCc1ccc(NC(=O)N2CC(CC)OC3(CCOC3)C2)cc1C. The Bertz CT molecular complexity index is 596. The van der Waals surface area contributed by atoms with E-state index in [0.29, 0.717) is 26.3 Å². The molecule has 1 N–H and O–H groups in total. The van der Waals surface area contributed by atoms with Gasteiger partial charge in [0, 0.05) is 25.3 Å². The van der Waals surface area contributed by atoms with Crippen LogP contribution in [-0.2, 0) is 15.9 Å². The summed E-state index contributed by atoms with van der Waals surface area (Å²) < 4.78 is 11.8. The summed E-state index contributed by atoms with van der Waals surface area (Å²) in [7, 11) is 0. The van der Waals surface area contributed by atoms with E-state index in [1.807, 2.05) is 17.0 Å². The standard InChI is InChI=1S/C19H28N2O3/c1-4-15-6-7-16(10-14(15)3)20-18(22)21-11-17(5-2)24-19(12-21)8-9-23-13-19/h6-7,10,17H,4-5,8-9,11-13H2,1-3H3,(H,20,22). The van der Waals surface area contributed by atoms with E-state index in [4.69, 9.17) is 9.47 Å². The van der Waals surface area contributed by atoms with Crippen molar-refractivity contribution in [2.24, 2.45) is 0 Å². The average molecular weight is 332 g/mol. The van der Waals surface area contributed by atoms with Gasteiger partial charge in [-0.25, -0.2) is 4.79 Å². The van der Waals surface area contributed by atoms with Crippen LogP contribution in [0.4, 0.5) is 10.5 Å². The molecule has 0 bridgehead atoms. The van der Waals surface area contributed by atoms with E-state index in [1.165, 1.54) is 11.1 Å². The van der Waals surface area contributed by atoms with Crippen LogP contribution >= 0.6 is 0 Å². The Hall–Kier alpha value is -1.59.